The third-order valence-electron chi connectivity index (χ3n) is 3.98. The van der Waals surface area contributed by atoms with Crippen LogP contribution in [-0.4, -0.2) is 30.4 Å². The number of likely N-dealkylation sites (tertiary alicyclic amines) is 1. The predicted molar refractivity (Wildman–Crippen MR) is 55.7 cm³/mol. The number of rotatable bonds is 1. The van der Waals surface area contributed by atoms with E-state index >= 15 is 0 Å². The van der Waals surface area contributed by atoms with Gasteiger partial charge in [-0.15, -0.1) is 0 Å². The molecule has 1 heterocycles. The Morgan fingerprint density at radius 2 is 1.93 bits per heavy atom. The summed E-state index contributed by atoms with van der Waals surface area (Å²) < 4.78 is 0. The lowest BCUT2D eigenvalue weighted by Crippen LogP contribution is -2.51. The van der Waals surface area contributed by atoms with Crippen LogP contribution >= 0.6 is 0 Å². The van der Waals surface area contributed by atoms with Crippen molar-refractivity contribution in [1.29, 1.82) is 0 Å². The number of fused-ring (bicyclic) bond motifs is 1. The molecule has 2 N–H and O–H groups in total. The molecule has 1 saturated heterocycles. The van der Waals surface area contributed by atoms with Gasteiger partial charge in [-0.25, -0.2) is 0 Å². The van der Waals surface area contributed by atoms with Crippen LogP contribution in [0.15, 0.2) is 0 Å². The summed E-state index contributed by atoms with van der Waals surface area (Å²) in [6, 6.07) is -0.00523. The zero-order valence-corrected chi connectivity index (χ0v) is 8.91. The minimum absolute atomic E-state index is 0.00523. The van der Waals surface area contributed by atoms with E-state index in [0.717, 1.165) is 24.8 Å². The minimum atomic E-state index is -0.142. The zero-order chi connectivity index (χ0) is 10.1. The Bertz CT molecular complexity index is 229. The fraction of sp³-hybridized carbons (Fsp3) is 0.909. The summed E-state index contributed by atoms with van der Waals surface area (Å²) >= 11 is 0. The van der Waals surface area contributed by atoms with Crippen LogP contribution in [-0.2, 0) is 4.79 Å². The monoisotopic (exact) mass is 196 g/mol. The lowest BCUT2D eigenvalue weighted by atomic mass is 9.73. The molecule has 1 amide bonds. The van der Waals surface area contributed by atoms with Crippen molar-refractivity contribution < 1.29 is 4.79 Å². The molecule has 2 rings (SSSR count). The van der Waals surface area contributed by atoms with E-state index in [2.05, 4.69) is 4.90 Å². The Hall–Kier alpha value is -0.570. The van der Waals surface area contributed by atoms with E-state index in [1.807, 2.05) is 7.05 Å². The van der Waals surface area contributed by atoms with Gasteiger partial charge in [0.1, 0.15) is 0 Å². The lowest BCUT2D eigenvalue weighted by Gasteiger charge is -2.43. The van der Waals surface area contributed by atoms with E-state index in [1.54, 1.807) is 0 Å². The van der Waals surface area contributed by atoms with Crippen LogP contribution in [0.5, 0.6) is 0 Å². The van der Waals surface area contributed by atoms with Crippen molar-refractivity contribution in [3.05, 3.63) is 0 Å². The van der Waals surface area contributed by atoms with Gasteiger partial charge >= 0.3 is 0 Å². The Balaban J connectivity index is 2.03. The summed E-state index contributed by atoms with van der Waals surface area (Å²) in [4.78, 5) is 13.4. The van der Waals surface area contributed by atoms with Gasteiger partial charge in [-0.1, -0.05) is 19.3 Å². The molecule has 0 bridgehead atoms. The maximum atomic E-state index is 11.2. The molecule has 1 aliphatic carbocycles. The highest BCUT2D eigenvalue weighted by atomic mass is 16.1. The molecule has 0 aromatic carbocycles. The molecular formula is C11H20N2O. The second-order valence-corrected chi connectivity index (χ2v) is 4.90. The van der Waals surface area contributed by atoms with Crippen molar-refractivity contribution in [3.63, 3.8) is 0 Å². The molecule has 0 aromatic rings. The number of likely N-dealkylation sites (N-methyl/N-ethyl adjacent to an activating group) is 1. The third-order valence-corrected chi connectivity index (χ3v) is 3.98. The Morgan fingerprint density at radius 3 is 2.57 bits per heavy atom. The van der Waals surface area contributed by atoms with E-state index < -0.39 is 0 Å². The number of hydrogen-bond acceptors (Lipinski definition) is 2. The second kappa shape index (κ2) is 3.89. The van der Waals surface area contributed by atoms with Gasteiger partial charge in [0.2, 0.25) is 5.91 Å². The van der Waals surface area contributed by atoms with Crippen molar-refractivity contribution >= 4 is 5.91 Å². The maximum absolute atomic E-state index is 11.2. The van der Waals surface area contributed by atoms with E-state index in [-0.39, 0.29) is 11.9 Å². The van der Waals surface area contributed by atoms with Crippen LogP contribution in [0.25, 0.3) is 0 Å². The average molecular weight is 196 g/mol. The summed E-state index contributed by atoms with van der Waals surface area (Å²) in [5.41, 5.74) is 5.40. The quantitative estimate of drug-likeness (QED) is 0.679. The molecule has 3 nitrogen and oxygen atoms in total. The molecule has 2 aliphatic rings. The van der Waals surface area contributed by atoms with Crippen LogP contribution < -0.4 is 5.73 Å². The normalized spacial score (nSPS) is 39.1. The van der Waals surface area contributed by atoms with Crippen molar-refractivity contribution in [2.24, 2.45) is 17.6 Å². The van der Waals surface area contributed by atoms with Gasteiger partial charge in [-0.05, 0) is 31.7 Å². The number of piperidine rings is 1. The van der Waals surface area contributed by atoms with Gasteiger partial charge in [0.25, 0.3) is 0 Å². The van der Waals surface area contributed by atoms with E-state index in [0.29, 0.717) is 0 Å². The van der Waals surface area contributed by atoms with Crippen LogP contribution in [0.3, 0.4) is 0 Å². The van der Waals surface area contributed by atoms with E-state index in [1.165, 1.54) is 25.7 Å². The first-order chi connectivity index (χ1) is 6.68. The fourth-order valence-electron chi connectivity index (χ4n) is 3.13. The third kappa shape index (κ3) is 1.78. The van der Waals surface area contributed by atoms with Gasteiger partial charge in [0.05, 0.1) is 6.04 Å². The highest BCUT2D eigenvalue weighted by Crippen LogP contribution is 2.37. The first-order valence-corrected chi connectivity index (χ1v) is 5.68. The molecule has 3 atom stereocenters. The van der Waals surface area contributed by atoms with E-state index in [9.17, 15) is 4.79 Å². The highest BCUT2D eigenvalue weighted by Gasteiger charge is 2.37. The Morgan fingerprint density at radius 1 is 1.29 bits per heavy atom. The largest absolute Gasteiger partial charge is 0.368 e. The molecule has 2 fully saturated rings. The summed E-state index contributed by atoms with van der Waals surface area (Å²) in [5.74, 6) is 1.44. The number of primary amides is 1. The van der Waals surface area contributed by atoms with Crippen LogP contribution in [0, 0.1) is 11.8 Å². The Kier molecular flexibility index (Phi) is 2.77. The number of nitrogens with two attached hydrogens (primary N) is 1. The fourth-order valence-corrected chi connectivity index (χ4v) is 3.13. The maximum Gasteiger partial charge on any atom is 0.234 e. The topological polar surface area (TPSA) is 46.3 Å². The standard InChI is InChI=1S/C11H20N2O/c1-13-7-9-5-3-2-4-8(9)6-10(13)11(12)14/h8-10H,2-7H2,1H3,(H2,12,14)/t8?,9-,10+/m1/s1. The molecule has 0 spiro atoms. The number of carbonyl (C=O) groups is 1. The molecule has 1 aliphatic heterocycles. The average Bonchev–Trinajstić information content (AvgIpc) is 2.16. The Labute approximate surface area is 85.6 Å². The number of hydrogen-bond donors (Lipinski definition) is 1. The van der Waals surface area contributed by atoms with E-state index in [4.69, 9.17) is 5.73 Å². The predicted octanol–water partition coefficient (Wildman–Crippen LogP) is 0.982. The number of amides is 1. The van der Waals surface area contributed by atoms with Crippen LogP contribution in [0.4, 0.5) is 0 Å². The van der Waals surface area contributed by atoms with Crippen LogP contribution in [0.2, 0.25) is 0 Å². The second-order valence-electron chi connectivity index (χ2n) is 4.90. The van der Waals surface area contributed by atoms with Crippen molar-refractivity contribution in [2.75, 3.05) is 13.6 Å². The summed E-state index contributed by atoms with van der Waals surface area (Å²) in [6.07, 6.45) is 6.37. The molecule has 80 valence electrons. The number of nitrogens with zero attached hydrogens (tertiary/aromatic N) is 1. The first kappa shape index (κ1) is 9.97. The SMILES string of the molecule is CN1C[C@H]2CCCCC2C[C@H]1C(N)=O. The summed E-state index contributed by atoms with van der Waals surface area (Å²) in [5, 5.41) is 0. The summed E-state index contributed by atoms with van der Waals surface area (Å²) in [7, 11) is 2.03. The smallest absolute Gasteiger partial charge is 0.234 e. The molecule has 0 radical (unpaired) electrons. The van der Waals surface area contributed by atoms with Gasteiger partial charge < -0.3 is 5.73 Å². The number of carbonyl (C=O) groups excluding carboxylic acids is 1. The van der Waals surface area contributed by atoms with Gasteiger partial charge in [-0.3, -0.25) is 9.69 Å². The van der Waals surface area contributed by atoms with Gasteiger partial charge in [-0.2, -0.15) is 0 Å². The van der Waals surface area contributed by atoms with Crippen molar-refractivity contribution in [2.45, 2.75) is 38.1 Å². The van der Waals surface area contributed by atoms with Gasteiger partial charge in [0.15, 0.2) is 0 Å². The molecule has 1 unspecified atom stereocenters. The van der Waals surface area contributed by atoms with Crippen molar-refractivity contribution in [1.82, 2.24) is 4.90 Å². The highest BCUT2D eigenvalue weighted by molar-refractivity contribution is 5.79. The molecule has 14 heavy (non-hydrogen) atoms. The summed E-state index contributed by atoms with van der Waals surface area (Å²) in [6.45, 7) is 1.07. The van der Waals surface area contributed by atoms with Gasteiger partial charge in [0, 0.05) is 6.54 Å². The first-order valence-electron chi connectivity index (χ1n) is 5.68. The van der Waals surface area contributed by atoms with Crippen LogP contribution in [0.1, 0.15) is 32.1 Å². The molecule has 3 heteroatoms. The zero-order valence-electron chi connectivity index (χ0n) is 8.91. The molecule has 0 aromatic heterocycles. The van der Waals surface area contributed by atoms with Crippen molar-refractivity contribution in [3.8, 4) is 0 Å². The molecular weight excluding hydrogens is 176 g/mol. The molecule has 1 saturated carbocycles. The lowest BCUT2D eigenvalue weighted by molar-refractivity contribution is -0.125. The minimum Gasteiger partial charge on any atom is -0.368 e.